The summed E-state index contributed by atoms with van der Waals surface area (Å²) in [4.78, 5) is 21.0. The Morgan fingerprint density at radius 2 is 1.26 bits per heavy atom. The SMILES string of the molecule is CCCCCCCOc1ccc(OC(=O)c2cnc(-c3ccc(OCCCC)cc3)cn2)cc1. The number of hydrogen-bond donors (Lipinski definition) is 0. The molecule has 3 rings (SSSR count). The average molecular weight is 463 g/mol. The maximum Gasteiger partial charge on any atom is 0.363 e. The third-order valence-corrected chi connectivity index (χ3v) is 5.33. The molecule has 0 spiro atoms. The Balaban J connectivity index is 1.48. The summed E-state index contributed by atoms with van der Waals surface area (Å²) in [6.07, 6.45) is 11.1. The molecule has 0 radical (unpaired) electrons. The monoisotopic (exact) mass is 462 g/mol. The van der Waals surface area contributed by atoms with Gasteiger partial charge in [0.2, 0.25) is 0 Å². The van der Waals surface area contributed by atoms with Gasteiger partial charge in [-0.25, -0.2) is 9.78 Å². The van der Waals surface area contributed by atoms with Crippen LogP contribution in [0.1, 0.15) is 69.3 Å². The summed E-state index contributed by atoms with van der Waals surface area (Å²) in [7, 11) is 0. The predicted octanol–water partition coefficient (Wildman–Crippen LogP) is 6.89. The summed E-state index contributed by atoms with van der Waals surface area (Å²) >= 11 is 0. The fourth-order valence-electron chi connectivity index (χ4n) is 3.30. The Kier molecular flexibility index (Phi) is 10.4. The van der Waals surface area contributed by atoms with Crippen LogP contribution in [0, 0.1) is 0 Å². The van der Waals surface area contributed by atoms with Crippen LogP contribution in [0.3, 0.4) is 0 Å². The molecule has 0 atom stereocenters. The number of aromatic nitrogens is 2. The maximum atomic E-state index is 12.4. The van der Waals surface area contributed by atoms with Gasteiger partial charge >= 0.3 is 5.97 Å². The molecule has 0 N–H and O–H groups in total. The van der Waals surface area contributed by atoms with E-state index in [1.807, 2.05) is 24.3 Å². The maximum absolute atomic E-state index is 12.4. The molecule has 2 aromatic carbocycles. The molecule has 0 amide bonds. The lowest BCUT2D eigenvalue weighted by Crippen LogP contribution is -2.11. The van der Waals surface area contributed by atoms with E-state index in [4.69, 9.17) is 14.2 Å². The molecule has 6 nitrogen and oxygen atoms in total. The van der Waals surface area contributed by atoms with Gasteiger partial charge in [0, 0.05) is 5.56 Å². The standard InChI is InChI=1S/C28H34N2O4/c1-3-5-7-8-9-19-33-24-14-16-25(17-15-24)34-28(31)27-21-29-26(20-30-27)22-10-12-23(13-11-22)32-18-6-4-2/h10-17,20-21H,3-9,18-19H2,1-2H3. The molecule has 0 saturated heterocycles. The molecule has 1 heterocycles. The van der Waals surface area contributed by atoms with Gasteiger partial charge in [-0.1, -0.05) is 46.0 Å². The molecular formula is C28H34N2O4. The molecule has 180 valence electrons. The number of unbranched alkanes of at least 4 members (excludes halogenated alkanes) is 5. The Morgan fingerprint density at radius 1 is 0.676 bits per heavy atom. The van der Waals surface area contributed by atoms with Crippen LogP contribution >= 0.6 is 0 Å². The summed E-state index contributed by atoms with van der Waals surface area (Å²) in [6, 6.07) is 14.7. The van der Waals surface area contributed by atoms with Gasteiger partial charge in [-0.15, -0.1) is 0 Å². The highest BCUT2D eigenvalue weighted by atomic mass is 16.5. The number of carbonyl (C=O) groups is 1. The minimum absolute atomic E-state index is 0.149. The highest BCUT2D eigenvalue weighted by molar-refractivity contribution is 5.88. The number of benzene rings is 2. The second kappa shape index (κ2) is 14.0. The molecule has 1 aromatic heterocycles. The molecule has 3 aromatic rings. The van der Waals surface area contributed by atoms with Crippen molar-refractivity contribution in [2.24, 2.45) is 0 Å². The number of hydrogen-bond acceptors (Lipinski definition) is 6. The minimum Gasteiger partial charge on any atom is -0.494 e. The summed E-state index contributed by atoms with van der Waals surface area (Å²) < 4.78 is 16.9. The Bertz CT molecular complexity index is 986. The molecule has 6 heteroatoms. The van der Waals surface area contributed by atoms with E-state index in [9.17, 15) is 4.79 Å². The molecule has 0 aliphatic heterocycles. The van der Waals surface area contributed by atoms with E-state index >= 15 is 0 Å². The van der Waals surface area contributed by atoms with E-state index in [-0.39, 0.29) is 5.69 Å². The third-order valence-electron chi connectivity index (χ3n) is 5.33. The first-order valence-electron chi connectivity index (χ1n) is 12.2. The second-order valence-electron chi connectivity index (χ2n) is 8.14. The Labute approximate surface area is 202 Å². The van der Waals surface area contributed by atoms with Crippen LogP contribution < -0.4 is 14.2 Å². The second-order valence-corrected chi connectivity index (χ2v) is 8.14. The van der Waals surface area contributed by atoms with E-state index in [1.165, 1.54) is 31.9 Å². The molecule has 0 fully saturated rings. The molecule has 34 heavy (non-hydrogen) atoms. The average Bonchev–Trinajstić information content (AvgIpc) is 2.88. The van der Waals surface area contributed by atoms with Crippen LogP contribution in [0.25, 0.3) is 11.3 Å². The van der Waals surface area contributed by atoms with Gasteiger partial charge in [0.15, 0.2) is 5.69 Å². The van der Waals surface area contributed by atoms with Gasteiger partial charge in [-0.05, 0) is 61.4 Å². The lowest BCUT2D eigenvalue weighted by atomic mass is 10.1. The number of nitrogens with zero attached hydrogens (tertiary/aromatic N) is 2. The number of carbonyl (C=O) groups excluding carboxylic acids is 1. The molecule has 0 aliphatic carbocycles. The zero-order chi connectivity index (χ0) is 24.0. The van der Waals surface area contributed by atoms with Gasteiger partial charge in [-0.3, -0.25) is 4.98 Å². The van der Waals surface area contributed by atoms with Crippen molar-refractivity contribution in [2.75, 3.05) is 13.2 Å². The molecule has 0 aliphatic rings. The van der Waals surface area contributed by atoms with Crippen molar-refractivity contribution in [3.63, 3.8) is 0 Å². The first-order valence-corrected chi connectivity index (χ1v) is 12.2. The van der Waals surface area contributed by atoms with Crippen molar-refractivity contribution in [2.45, 2.75) is 58.8 Å². The smallest absolute Gasteiger partial charge is 0.363 e. The molecule has 0 bridgehead atoms. The highest BCUT2D eigenvalue weighted by Gasteiger charge is 2.12. The number of rotatable bonds is 14. The topological polar surface area (TPSA) is 70.5 Å². The van der Waals surface area contributed by atoms with Crippen molar-refractivity contribution >= 4 is 5.97 Å². The fraction of sp³-hybridized carbons (Fsp3) is 0.393. The lowest BCUT2D eigenvalue weighted by Gasteiger charge is -2.08. The normalized spacial score (nSPS) is 10.6. The van der Waals surface area contributed by atoms with Crippen molar-refractivity contribution in [1.82, 2.24) is 9.97 Å². The van der Waals surface area contributed by atoms with E-state index < -0.39 is 5.97 Å². The van der Waals surface area contributed by atoms with E-state index in [1.54, 1.807) is 30.5 Å². The van der Waals surface area contributed by atoms with Crippen LogP contribution in [0.2, 0.25) is 0 Å². The van der Waals surface area contributed by atoms with E-state index in [2.05, 4.69) is 23.8 Å². The van der Waals surface area contributed by atoms with Crippen LogP contribution in [0.5, 0.6) is 17.2 Å². The van der Waals surface area contributed by atoms with E-state index in [0.717, 1.165) is 36.3 Å². The predicted molar refractivity (Wildman–Crippen MR) is 134 cm³/mol. The minimum atomic E-state index is -0.552. The molecule has 0 unspecified atom stereocenters. The number of ether oxygens (including phenoxy) is 3. The quantitative estimate of drug-likeness (QED) is 0.148. The summed E-state index contributed by atoms with van der Waals surface area (Å²) in [5.74, 6) is 1.48. The van der Waals surface area contributed by atoms with Crippen LogP contribution in [0.15, 0.2) is 60.9 Å². The summed E-state index contributed by atoms with van der Waals surface area (Å²) in [6.45, 7) is 5.74. The lowest BCUT2D eigenvalue weighted by molar-refractivity contribution is 0.0728. The van der Waals surface area contributed by atoms with Crippen molar-refractivity contribution in [3.05, 3.63) is 66.6 Å². The Hall–Kier alpha value is -3.41. The first kappa shape index (κ1) is 25.2. The van der Waals surface area contributed by atoms with Crippen molar-refractivity contribution in [1.29, 1.82) is 0 Å². The van der Waals surface area contributed by atoms with Crippen LogP contribution in [-0.2, 0) is 0 Å². The summed E-state index contributed by atoms with van der Waals surface area (Å²) in [5, 5.41) is 0. The fourth-order valence-corrected chi connectivity index (χ4v) is 3.30. The Morgan fingerprint density at radius 3 is 1.88 bits per heavy atom. The zero-order valence-electron chi connectivity index (χ0n) is 20.2. The largest absolute Gasteiger partial charge is 0.494 e. The van der Waals surface area contributed by atoms with Gasteiger partial charge in [0.25, 0.3) is 0 Å². The zero-order valence-corrected chi connectivity index (χ0v) is 20.2. The van der Waals surface area contributed by atoms with Gasteiger partial charge in [-0.2, -0.15) is 0 Å². The first-order chi connectivity index (χ1) is 16.7. The molecular weight excluding hydrogens is 428 g/mol. The van der Waals surface area contributed by atoms with Crippen LogP contribution in [-0.4, -0.2) is 29.2 Å². The van der Waals surface area contributed by atoms with Crippen LogP contribution in [0.4, 0.5) is 0 Å². The van der Waals surface area contributed by atoms with Crippen molar-refractivity contribution < 1.29 is 19.0 Å². The van der Waals surface area contributed by atoms with Gasteiger partial charge in [0.1, 0.15) is 17.2 Å². The highest BCUT2D eigenvalue weighted by Crippen LogP contribution is 2.22. The summed E-state index contributed by atoms with van der Waals surface area (Å²) in [5.41, 5.74) is 1.72. The van der Waals surface area contributed by atoms with Gasteiger partial charge in [0.05, 0.1) is 31.3 Å². The number of esters is 1. The van der Waals surface area contributed by atoms with Gasteiger partial charge < -0.3 is 14.2 Å². The van der Waals surface area contributed by atoms with E-state index in [0.29, 0.717) is 24.7 Å². The van der Waals surface area contributed by atoms with Crippen molar-refractivity contribution in [3.8, 4) is 28.5 Å². The molecule has 0 saturated carbocycles. The third kappa shape index (κ3) is 8.18.